The Morgan fingerprint density at radius 1 is 1.31 bits per heavy atom. The molecule has 1 spiro atoms. The fourth-order valence-electron chi connectivity index (χ4n) is 4.25. The zero-order valence-corrected chi connectivity index (χ0v) is 20.0. The quantitative estimate of drug-likeness (QED) is 0.356. The van der Waals surface area contributed by atoms with Crippen LogP contribution in [0.15, 0.2) is 4.99 Å². The van der Waals surface area contributed by atoms with Gasteiger partial charge in [0.25, 0.3) is 0 Å². The number of rotatable bonds is 3. The molecule has 8 heteroatoms. The summed E-state index contributed by atoms with van der Waals surface area (Å²) in [6.45, 7) is 7.04. The van der Waals surface area contributed by atoms with Gasteiger partial charge in [-0.1, -0.05) is 19.3 Å². The zero-order chi connectivity index (χ0) is 17.9. The molecule has 1 aliphatic carbocycles. The number of nitrogens with one attached hydrogen (secondary N) is 1. The average Bonchev–Trinajstić information content (AvgIpc) is 2.91. The summed E-state index contributed by atoms with van der Waals surface area (Å²) in [4.78, 5) is 7.31. The highest BCUT2D eigenvalue weighted by Gasteiger charge is 2.38. The van der Waals surface area contributed by atoms with E-state index in [-0.39, 0.29) is 29.9 Å². The molecule has 3 aliphatic rings. The fourth-order valence-corrected chi connectivity index (χ4v) is 7.67. The lowest BCUT2D eigenvalue weighted by Crippen LogP contribution is -2.54. The Hall–Kier alpha value is 0.300. The molecule has 0 aromatic heterocycles. The molecule has 0 radical (unpaired) electrons. The van der Waals surface area contributed by atoms with Gasteiger partial charge in [0.1, 0.15) is 0 Å². The molecular formula is C18H34IN3O2S2. The first-order valence-electron chi connectivity index (χ1n) is 9.78. The summed E-state index contributed by atoms with van der Waals surface area (Å²) in [5.74, 6) is 2.99. The number of halogens is 1. The van der Waals surface area contributed by atoms with Gasteiger partial charge in [0.2, 0.25) is 0 Å². The van der Waals surface area contributed by atoms with Gasteiger partial charge in [-0.05, 0) is 39.0 Å². The SMILES string of the molecule is CC(C)NC(=NCC1CCS(=O)(=O)C1)N1CCSC2(CCCCC2)C1.I. The third-order valence-corrected chi connectivity index (χ3v) is 8.93. The van der Waals surface area contributed by atoms with Crippen molar-refractivity contribution in [2.45, 2.75) is 63.2 Å². The van der Waals surface area contributed by atoms with E-state index < -0.39 is 9.84 Å². The van der Waals surface area contributed by atoms with Gasteiger partial charge in [0.15, 0.2) is 15.8 Å². The van der Waals surface area contributed by atoms with Crippen molar-refractivity contribution in [3.8, 4) is 0 Å². The molecule has 0 bridgehead atoms. The number of nitrogens with zero attached hydrogens (tertiary/aromatic N) is 2. The molecule has 0 amide bonds. The van der Waals surface area contributed by atoms with Crippen molar-refractivity contribution < 1.29 is 8.42 Å². The van der Waals surface area contributed by atoms with E-state index in [0.717, 1.165) is 31.2 Å². The number of hydrogen-bond donors (Lipinski definition) is 1. The minimum absolute atomic E-state index is 0. The van der Waals surface area contributed by atoms with Gasteiger partial charge in [0, 0.05) is 36.2 Å². The summed E-state index contributed by atoms with van der Waals surface area (Å²) in [6.07, 6.45) is 7.49. The number of aliphatic imine (C=N–C) groups is 1. The van der Waals surface area contributed by atoms with Gasteiger partial charge < -0.3 is 10.2 Å². The van der Waals surface area contributed by atoms with Crippen LogP contribution in [0.25, 0.3) is 0 Å². The molecule has 1 N–H and O–H groups in total. The largest absolute Gasteiger partial charge is 0.354 e. The van der Waals surface area contributed by atoms with Gasteiger partial charge in [-0.2, -0.15) is 11.8 Å². The van der Waals surface area contributed by atoms with Crippen LogP contribution >= 0.6 is 35.7 Å². The van der Waals surface area contributed by atoms with E-state index in [4.69, 9.17) is 4.99 Å². The maximum Gasteiger partial charge on any atom is 0.194 e. The number of hydrogen-bond acceptors (Lipinski definition) is 4. The van der Waals surface area contributed by atoms with Crippen LogP contribution in [0.2, 0.25) is 0 Å². The van der Waals surface area contributed by atoms with Crippen LogP contribution in [0.5, 0.6) is 0 Å². The summed E-state index contributed by atoms with van der Waals surface area (Å²) in [5.41, 5.74) is 0. The van der Waals surface area contributed by atoms with Crippen LogP contribution in [0.1, 0.15) is 52.4 Å². The lowest BCUT2D eigenvalue weighted by Gasteiger charge is -2.45. The summed E-state index contributed by atoms with van der Waals surface area (Å²) in [5, 5.41) is 3.53. The minimum atomic E-state index is -2.82. The molecule has 2 aliphatic heterocycles. The highest BCUT2D eigenvalue weighted by molar-refractivity contribution is 14.0. The second kappa shape index (κ2) is 9.67. The predicted octanol–water partition coefficient (Wildman–Crippen LogP) is 3.14. The second-order valence-corrected chi connectivity index (χ2v) is 12.0. The second-order valence-electron chi connectivity index (χ2n) is 8.25. The van der Waals surface area contributed by atoms with E-state index in [0.29, 0.717) is 28.8 Å². The molecule has 1 unspecified atom stereocenters. The van der Waals surface area contributed by atoms with E-state index >= 15 is 0 Å². The Morgan fingerprint density at radius 3 is 2.65 bits per heavy atom. The molecule has 5 nitrogen and oxygen atoms in total. The minimum Gasteiger partial charge on any atom is -0.354 e. The van der Waals surface area contributed by atoms with Crippen molar-refractivity contribution in [1.29, 1.82) is 0 Å². The Morgan fingerprint density at radius 2 is 2.04 bits per heavy atom. The van der Waals surface area contributed by atoms with E-state index in [2.05, 4.69) is 35.8 Å². The van der Waals surface area contributed by atoms with E-state index in [9.17, 15) is 8.42 Å². The Labute approximate surface area is 180 Å². The third kappa shape index (κ3) is 6.15. The molecule has 0 aromatic rings. The molecule has 3 rings (SSSR count). The molecule has 1 saturated carbocycles. The van der Waals surface area contributed by atoms with Crippen LogP contribution in [-0.2, 0) is 9.84 Å². The Kier molecular flexibility index (Phi) is 8.40. The van der Waals surface area contributed by atoms with Gasteiger partial charge in [-0.25, -0.2) is 8.42 Å². The first-order chi connectivity index (χ1) is 11.9. The summed E-state index contributed by atoms with van der Waals surface area (Å²) < 4.78 is 23.8. The molecule has 2 heterocycles. The maximum absolute atomic E-state index is 11.7. The molecule has 26 heavy (non-hydrogen) atoms. The Bertz CT molecular complexity index is 584. The van der Waals surface area contributed by atoms with E-state index in [1.54, 1.807) is 0 Å². The predicted molar refractivity (Wildman–Crippen MR) is 123 cm³/mol. The standard InChI is InChI=1S/C18H33N3O2S2.HI/c1-15(2)20-17(19-12-16-6-11-25(22,23)13-16)21-9-10-24-18(14-21)7-4-3-5-8-18;/h15-16H,3-14H2,1-2H3,(H,19,20);1H. The lowest BCUT2D eigenvalue weighted by molar-refractivity contribution is 0.291. The molecule has 2 saturated heterocycles. The number of sulfone groups is 1. The van der Waals surface area contributed by atoms with Gasteiger partial charge in [0.05, 0.1) is 11.5 Å². The maximum atomic E-state index is 11.7. The third-order valence-electron chi connectivity index (χ3n) is 5.56. The monoisotopic (exact) mass is 515 g/mol. The van der Waals surface area contributed by atoms with Crippen molar-refractivity contribution in [3.63, 3.8) is 0 Å². The van der Waals surface area contributed by atoms with Crippen molar-refractivity contribution in [2.24, 2.45) is 10.9 Å². The van der Waals surface area contributed by atoms with Crippen LogP contribution in [0.4, 0.5) is 0 Å². The molecule has 0 aromatic carbocycles. The van der Waals surface area contributed by atoms with Crippen molar-refractivity contribution >= 4 is 51.5 Å². The van der Waals surface area contributed by atoms with Crippen molar-refractivity contribution in [3.05, 3.63) is 0 Å². The lowest BCUT2D eigenvalue weighted by atomic mass is 9.87. The highest BCUT2D eigenvalue weighted by Crippen LogP contribution is 2.42. The van der Waals surface area contributed by atoms with E-state index in [1.165, 1.54) is 32.1 Å². The van der Waals surface area contributed by atoms with Gasteiger partial charge in [-0.15, -0.1) is 24.0 Å². The molecule has 3 fully saturated rings. The zero-order valence-electron chi connectivity index (χ0n) is 16.1. The summed E-state index contributed by atoms with van der Waals surface area (Å²) in [7, 11) is -2.82. The van der Waals surface area contributed by atoms with Crippen LogP contribution in [0.3, 0.4) is 0 Å². The fraction of sp³-hybridized carbons (Fsp3) is 0.944. The van der Waals surface area contributed by atoms with Crippen molar-refractivity contribution in [2.75, 3.05) is 36.9 Å². The van der Waals surface area contributed by atoms with Crippen molar-refractivity contribution in [1.82, 2.24) is 10.2 Å². The summed E-state index contributed by atoms with van der Waals surface area (Å²) >= 11 is 2.17. The number of guanidine groups is 1. The average molecular weight is 516 g/mol. The van der Waals surface area contributed by atoms with Gasteiger partial charge in [-0.3, -0.25) is 4.99 Å². The van der Waals surface area contributed by atoms with Gasteiger partial charge >= 0.3 is 0 Å². The van der Waals surface area contributed by atoms with Crippen LogP contribution in [-0.4, -0.2) is 67.0 Å². The summed E-state index contributed by atoms with van der Waals surface area (Å²) in [6, 6.07) is 0.336. The first-order valence-corrected chi connectivity index (χ1v) is 12.6. The van der Waals surface area contributed by atoms with Crippen LogP contribution < -0.4 is 5.32 Å². The Balaban J connectivity index is 0.00000243. The smallest absolute Gasteiger partial charge is 0.194 e. The molecular weight excluding hydrogens is 481 g/mol. The van der Waals surface area contributed by atoms with Crippen LogP contribution in [0, 0.1) is 5.92 Å². The topological polar surface area (TPSA) is 61.8 Å². The molecule has 1 atom stereocenters. The molecule has 152 valence electrons. The van der Waals surface area contributed by atoms with E-state index in [1.807, 2.05) is 0 Å². The highest BCUT2D eigenvalue weighted by atomic mass is 127. The first kappa shape index (κ1) is 22.6. The normalized spacial score (nSPS) is 28.2. The number of thioether (sulfide) groups is 1.